The molecule has 0 saturated carbocycles. The highest BCUT2D eigenvalue weighted by molar-refractivity contribution is 5.46. The van der Waals surface area contributed by atoms with Crippen molar-refractivity contribution in [2.24, 2.45) is 0 Å². The van der Waals surface area contributed by atoms with Crippen molar-refractivity contribution in [1.82, 2.24) is 24.6 Å². The molecule has 112 valence electrons. The molecule has 0 aliphatic carbocycles. The zero-order valence-electron chi connectivity index (χ0n) is 12.7. The predicted molar refractivity (Wildman–Crippen MR) is 82.4 cm³/mol. The summed E-state index contributed by atoms with van der Waals surface area (Å²) in [6.07, 6.45) is 3.69. The maximum atomic E-state index is 4.51. The molecule has 0 spiro atoms. The predicted octanol–water partition coefficient (Wildman–Crippen LogP) is 1.11. The van der Waals surface area contributed by atoms with Gasteiger partial charge in [0, 0.05) is 45.5 Å². The second kappa shape index (κ2) is 6.22. The summed E-state index contributed by atoms with van der Waals surface area (Å²) in [5.74, 6) is 2.12. The fourth-order valence-electron chi connectivity index (χ4n) is 2.77. The number of pyridine rings is 1. The van der Waals surface area contributed by atoms with E-state index in [0.29, 0.717) is 0 Å². The number of aromatic nitrogens is 4. The number of piperazine rings is 1. The quantitative estimate of drug-likeness (QED) is 0.843. The highest BCUT2D eigenvalue weighted by Gasteiger charge is 2.18. The van der Waals surface area contributed by atoms with Gasteiger partial charge >= 0.3 is 0 Å². The van der Waals surface area contributed by atoms with E-state index < -0.39 is 0 Å². The van der Waals surface area contributed by atoms with Gasteiger partial charge in [-0.15, -0.1) is 10.2 Å². The average Bonchev–Trinajstić information content (AvgIpc) is 2.92. The summed E-state index contributed by atoms with van der Waals surface area (Å²) < 4.78 is 2.11. The third-order valence-corrected chi connectivity index (χ3v) is 4.12. The van der Waals surface area contributed by atoms with Crippen LogP contribution in [0.5, 0.6) is 0 Å². The molecule has 0 N–H and O–H groups in total. The first-order valence-corrected chi connectivity index (χ1v) is 7.47. The van der Waals surface area contributed by atoms with Crippen molar-refractivity contribution in [1.29, 1.82) is 0 Å². The lowest BCUT2D eigenvalue weighted by atomic mass is 10.2. The smallest absolute Gasteiger partial charge is 0.131 e. The molecular formula is C15H22N6. The first-order chi connectivity index (χ1) is 10.2. The molecular weight excluding hydrogens is 264 g/mol. The van der Waals surface area contributed by atoms with E-state index in [1.54, 1.807) is 0 Å². The van der Waals surface area contributed by atoms with Crippen LogP contribution in [0, 0.1) is 13.8 Å². The van der Waals surface area contributed by atoms with Gasteiger partial charge in [0.1, 0.15) is 18.0 Å². The van der Waals surface area contributed by atoms with Crippen molar-refractivity contribution in [3.05, 3.63) is 36.0 Å². The molecule has 1 aliphatic heterocycles. The van der Waals surface area contributed by atoms with Crippen LogP contribution >= 0.6 is 0 Å². The number of aryl methyl sites for hydroxylation is 2. The van der Waals surface area contributed by atoms with E-state index in [1.807, 2.05) is 25.5 Å². The minimum Gasteiger partial charge on any atom is -0.354 e. The standard InChI is InChI=1S/C15H22N6/c1-13-4-3-5-16-15(13)20-9-6-19(7-10-20)8-11-21-12-17-18-14(21)2/h3-5,12H,6-11H2,1-2H3. The number of hydrogen-bond donors (Lipinski definition) is 0. The largest absolute Gasteiger partial charge is 0.354 e. The minimum atomic E-state index is 0.960. The van der Waals surface area contributed by atoms with Crippen molar-refractivity contribution in [3.63, 3.8) is 0 Å². The SMILES string of the molecule is Cc1cccnc1N1CCN(CCn2cnnc2C)CC1. The first kappa shape index (κ1) is 14.0. The molecule has 3 heterocycles. The van der Waals surface area contributed by atoms with E-state index in [2.05, 4.69) is 42.5 Å². The zero-order chi connectivity index (χ0) is 14.7. The first-order valence-electron chi connectivity index (χ1n) is 7.47. The number of nitrogens with zero attached hydrogens (tertiary/aromatic N) is 6. The molecule has 1 aliphatic rings. The van der Waals surface area contributed by atoms with Gasteiger partial charge in [-0.25, -0.2) is 4.98 Å². The van der Waals surface area contributed by atoms with Crippen LogP contribution in [0.15, 0.2) is 24.7 Å². The van der Waals surface area contributed by atoms with Gasteiger partial charge < -0.3 is 9.47 Å². The summed E-state index contributed by atoms with van der Waals surface area (Å²) >= 11 is 0. The Labute approximate surface area is 125 Å². The van der Waals surface area contributed by atoms with Crippen LogP contribution in [-0.2, 0) is 6.54 Å². The van der Waals surface area contributed by atoms with Gasteiger partial charge in [0.2, 0.25) is 0 Å². The van der Waals surface area contributed by atoms with Crippen molar-refractivity contribution in [3.8, 4) is 0 Å². The summed E-state index contributed by atoms with van der Waals surface area (Å²) in [4.78, 5) is 9.39. The van der Waals surface area contributed by atoms with Gasteiger partial charge in [0.15, 0.2) is 0 Å². The zero-order valence-corrected chi connectivity index (χ0v) is 12.7. The molecule has 3 rings (SSSR count). The van der Waals surface area contributed by atoms with Gasteiger partial charge in [-0.05, 0) is 25.5 Å². The third-order valence-electron chi connectivity index (χ3n) is 4.12. The highest BCUT2D eigenvalue weighted by atomic mass is 15.3. The van der Waals surface area contributed by atoms with Crippen molar-refractivity contribution >= 4 is 5.82 Å². The van der Waals surface area contributed by atoms with Crippen molar-refractivity contribution < 1.29 is 0 Å². The molecule has 2 aromatic heterocycles. The van der Waals surface area contributed by atoms with E-state index >= 15 is 0 Å². The fourth-order valence-corrected chi connectivity index (χ4v) is 2.77. The van der Waals surface area contributed by atoms with Crippen LogP contribution in [0.1, 0.15) is 11.4 Å². The van der Waals surface area contributed by atoms with Crippen LogP contribution in [-0.4, -0.2) is 57.4 Å². The molecule has 1 saturated heterocycles. The summed E-state index contributed by atoms with van der Waals surface area (Å²) in [5.41, 5.74) is 1.26. The molecule has 0 aromatic carbocycles. The molecule has 0 amide bonds. The summed E-state index contributed by atoms with van der Waals surface area (Å²) in [6, 6.07) is 4.13. The van der Waals surface area contributed by atoms with Crippen molar-refractivity contribution in [2.45, 2.75) is 20.4 Å². The Balaban J connectivity index is 1.51. The fraction of sp³-hybridized carbons (Fsp3) is 0.533. The molecule has 0 bridgehead atoms. The second-order valence-corrected chi connectivity index (χ2v) is 5.54. The third kappa shape index (κ3) is 3.21. The highest BCUT2D eigenvalue weighted by Crippen LogP contribution is 2.17. The van der Waals surface area contributed by atoms with Crippen molar-refractivity contribution in [2.75, 3.05) is 37.6 Å². The normalized spacial score (nSPS) is 16.4. The Morgan fingerprint density at radius 3 is 2.57 bits per heavy atom. The van der Waals surface area contributed by atoms with Crippen LogP contribution in [0.25, 0.3) is 0 Å². The Morgan fingerprint density at radius 1 is 1.10 bits per heavy atom. The molecule has 1 fully saturated rings. The topological polar surface area (TPSA) is 50.1 Å². The molecule has 0 radical (unpaired) electrons. The summed E-state index contributed by atoms with van der Waals surface area (Å²) in [5, 5.41) is 7.94. The maximum Gasteiger partial charge on any atom is 0.131 e. The van der Waals surface area contributed by atoms with Gasteiger partial charge in [-0.3, -0.25) is 4.90 Å². The second-order valence-electron chi connectivity index (χ2n) is 5.54. The van der Waals surface area contributed by atoms with Crippen LogP contribution in [0.3, 0.4) is 0 Å². The Morgan fingerprint density at radius 2 is 1.90 bits per heavy atom. The lowest BCUT2D eigenvalue weighted by Gasteiger charge is -2.36. The van der Waals surface area contributed by atoms with E-state index in [0.717, 1.165) is 50.9 Å². The van der Waals surface area contributed by atoms with Crippen LogP contribution in [0.4, 0.5) is 5.82 Å². The summed E-state index contributed by atoms with van der Waals surface area (Å²) in [7, 11) is 0. The van der Waals surface area contributed by atoms with Gasteiger partial charge in [0.05, 0.1) is 0 Å². The Hall–Kier alpha value is -1.95. The van der Waals surface area contributed by atoms with E-state index in [-0.39, 0.29) is 0 Å². The molecule has 6 nitrogen and oxygen atoms in total. The summed E-state index contributed by atoms with van der Waals surface area (Å²) in [6.45, 7) is 10.4. The van der Waals surface area contributed by atoms with E-state index in [9.17, 15) is 0 Å². The lowest BCUT2D eigenvalue weighted by molar-refractivity contribution is 0.247. The maximum absolute atomic E-state index is 4.51. The van der Waals surface area contributed by atoms with Crippen LogP contribution < -0.4 is 4.90 Å². The molecule has 2 aromatic rings. The number of anilines is 1. The minimum absolute atomic E-state index is 0.960. The molecule has 0 unspecified atom stereocenters. The Kier molecular flexibility index (Phi) is 4.15. The molecule has 0 atom stereocenters. The van der Waals surface area contributed by atoms with Gasteiger partial charge in [-0.1, -0.05) is 6.07 Å². The van der Waals surface area contributed by atoms with E-state index in [4.69, 9.17) is 0 Å². The number of rotatable bonds is 4. The number of hydrogen-bond acceptors (Lipinski definition) is 5. The monoisotopic (exact) mass is 286 g/mol. The molecule has 21 heavy (non-hydrogen) atoms. The Bertz CT molecular complexity index is 585. The van der Waals surface area contributed by atoms with Gasteiger partial charge in [-0.2, -0.15) is 0 Å². The molecule has 6 heteroatoms. The van der Waals surface area contributed by atoms with Crippen LogP contribution in [0.2, 0.25) is 0 Å². The lowest BCUT2D eigenvalue weighted by Crippen LogP contribution is -2.47. The average molecular weight is 286 g/mol. The van der Waals surface area contributed by atoms with Gasteiger partial charge in [0.25, 0.3) is 0 Å². The van der Waals surface area contributed by atoms with E-state index in [1.165, 1.54) is 5.56 Å².